The van der Waals surface area contributed by atoms with E-state index in [1.54, 1.807) is 0 Å². The first kappa shape index (κ1) is 13.8. The molecule has 6 nitrogen and oxygen atoms in total. The summed E-state index contributed by atoms with van der Waals surface area (Å²) in [5, 5.41) is 11.0. The van der Waals surface area contributed by atoms with Crippen LogP contribution < -0.4 is 5.32 Å². The number of aliphatic carboxylic acids is 1. The highest BCUT2D eigenvalue weighted by molar-refractivity contribution is 5.93. The number of fused-ring (bicyclic) bond motifs is 1. The molecule has 6 heteroatoms. The van der Waals surface area contributed by atoms with Crippen LogP contribution in [-0.2, 0) is 16.1 Å². The fraction of sp³-hybridized carbons (Fsp3) is 0.214. The highest BCUT2D eigenvalue weighted by atomic mass is 16.4. The molecule has 0 saturated carbocycles. The van der Waals surface area contributed by atoms with Crippen LogP contribution in [0.25, 0.3) is 11.0 Å². The topological polar surface area (TPSA) is 84.2 Å². The summed E-state index contributed by atoms with van der Waals surface area (Å²) < 4.78 is 2.01. The molecule has 1 aromatic heterocycles. The van der Waals surface area contributed by atoms with E-state index in [0.717, 1.165) is 29.0 Å². The molecule has 2 aromatic rings. The van der Waals surface area contributed by atoms with Gasteiger partial charge >= 0.3 is 5.97 Å². The Balaban J connectivity index is 1.98. The van der Waals surface area contributed by atoms with Gasteiger partial charge in [-0.1, -0.05) is 12.1 Å². The molecule has 0 aliphatic carbocycles. The van der Waals surface area contributed by atoms with Gasteiger partial charge in [0.2, 0.25) is 5.91 Å². The van der Waals surface area contributed by atoms with E-state index in [0.29, 0.717) is 13.1 Å². The normalized spacial score (nSPS) is 11.1. The molecule has 1 amide bonds. The van der Waals surface area contributed by atoms with Gasteiger partial charge in [-0.15, -0.1) is 0 Å². The van der Waals surface area contributed by atoms with E-state index in [2.05, 4.69) is 10.3 Å². The Morgan fingerprint density at radius 2 is 2.10 bits per heavy atom. The first-order valence-corrected chi connectivity index (χ1v) is 6.18. The molecule has 0 bridgehead atoms. The number of rotatable bonds is 5. The second-order valence-corrected chi connectivity index (χ2v) is 4.26. The smallest absolute Gasteiger partial charge is 0.328 e. The van der Waals surface area contributed by atoms with Gasteiger partial charge in [-0.2, -0.15) is 0 Å². The monoisotopic (exact) mass is 273 g/mol. The van der Waals surface area contributed by atoms with E-state index in [-0.39, 0.29) is 0 Å². The van der Waals surface area contributed by atoms with Gasteiger partial charge < -0.3 is 15.0 Å². The summed E-state index contributed by atoms with van der Waals surface area (Å²) in [6.45, 7) is 2.90. The quantitative estimate of drug-likeness (QED) is 0.799. The van der Waals surface area contributed by atoms with Crippen molar-refractivity contribution in [2.45, 2.75) is 13.5 Å². The second-order valence-electron chi connectivity index (χ2n) is 4.26. The molecule has 1 heterocycles. The number of carboxylic acid groups (broad SMARTS) is 1. The lowest BCUT2D eigenvalue weighted by Gasteiger charge is -2.07. The number of hydrogen-bond acceptors (Lipinski definition) is 3. The second kappa shape index (κ2) is 6.01. The summed E-state index contributed by atoms with van der Waals surface area (Å²) in [4.78, 5) is 26.0. The van der Waals surface area contributed by atoms with E-state index in [9.17, 15) is 9.59 Å². The third-order valence-corrected chi connectivity index (χ3v) is 2.86. The van der Waals surface area contributed by atoms with Crippen LogP contribution in [0.4, 0.5) is 0 Å². The highest BCUT2D eigenvalue weighted by Crippen LogP contribution is 2.14. The third-order valence-electron chi connectivity index (χ3n) is 2.86. The number of carbonyl (C=O) groups excluding carboxylic acids is 1. The van der Waals surface area contributed by atoms with Gasteiger partial charge in [0.05, 0.1) is 11.0 Å². The van der Waals surface area contributed by atoms with Crippen LogP contribution in [-0.4, -0.2) is 33.1 Å². The van der Waals surface area contributed by atoms with Crippen molar-refractivity contribution >= 4 is 22.9 Å². The van der Waals surface area contributed by atoms with E-state index < -0.39 is 11.9 Å². The summed E-state index contributed by atoms with van der Waals surface area (Å²) in [6, 6.07) is 7.78. The van der Waals surface area contributed by atoms with Crippen molar-refractivity contribution in [3.63, 3.8) is 0 Å². The molecule has 1 aromatic carbocycles. The van der Waals surface area contributed by atoms with Crippen LogP contribution in [0.15, 0.2) is 36.4 Å². The fourth-order valence-electron chi connectivity index (χ4n) is 1.98. The first-order valence-electron chi connectivity index (χ1n) is 6.18. The van der Waals surface area contributed by atoms with Crippen molar-refractivity contribution in [3.05, 3.63) is 42.2 Å². The molecule has 2 N–H and O–H groups in total. The molecule has 0 unspecified atom stereocenters. The van der Waals surface area contributed by atoms with E-state index in [4.69, 9.17) is 5.11 Å². The molecule has 0 fully saturated rings. The lowest BCUT2D eigenvalue weighted by molar-refractivity contribution is -0.131. The maximum Gasteiger partial charge on any atom is 0.328 e. The van der Waals surface area contributed by atoms with Gasteiger partial charge in [-0.05, 0) is 19.1 Å². The molecule has 0 atom stereocenters. The predicted molar refractivity (Wildman–Crippen MR) is 74.3 cm³/mol. The van der Waals surface area contributed by atoms with Crippen LogP contribution >= 0.6 is 0 Å². The highest BCUT2D eigenvalue weighted by Gasteiger charge is 2.06. The number of carbonyl (C=O) groups is 2. The van der Waals surface area contributed by atoms with Gasteiger partial charge in [-0.25, -0.2) is 9.78 Å². The molecule has 20 heavy (non-hydrogen) atoms. The molecular weight excluding hydrogens is 258 g/mol. The largest absolute Gasteiger partial charge is 0.478 e. The number of hydrogen-bond donors (Lipinski definition) is 2. The molecule has 0 aliphatic heterocycles. The SMILES string of the molecule is Cc1nc2ccccc2n1CCNC(=O)/C=C/C(=O)O. The molecule has 0 aliphatic rings. The maximum atomic E-state index is 11.3. The van der Waals surface area contributed by atoms with Gasteiger partial charge in [0.1, 0.15) is 5.82 Å². The molecule has 2 rings (SSSR count). The van der Waals surface area contributed by atoms with Crippen molar-refractivity contribution in [2.24, 2.45) is 0 Å². The fourth-order valence-corrected chi connectivity index (χ4v) is 1.98. The summed E-state index contributed by atoms with van der Waals surface area (Å²) in [7, 11) is 0. The molecular formula is C14H15N3O3. The number of nitrogens with zero attached hydrogens (tertiary/aromatic N) is 2. The average molecular weight is 273 g/mol. The first-order chi connectivity index (χ1) is 9.58. The average Bonchev–Trinajstić information content (AvgIpc) is 2.73. The maximum absolute atomic E-state index is 11.3. The molecule has 0 radical (unpaired) electrons. The van der Waals surface area contributed by atoms with Crippen LogP contribution in [0.3, 0.4) is 0 Å². The Labute approximate surface area is 115 Å². The Morgan fingerprint density at radius 3 is 2.85 bits per heavy atom. The van der Waals surface area contributed by atoms with Gasteiger partial charge in [0, 0.05) is 25.2 Å². The predicted octanol–water partition coefficient (Wildman–Crippen LogP) is 1.10. The Bertz CT molecular complexity index is 673. The number of carboxylic acids is 1. The minimum Gasteiger partial charge on any atom is -0.478 e. The van der Waals surface area contributed by atoms with Gasteiger partial charge in [0.15, 0.2) is 0 Å². The van der Waals surface area contributed by atoms with Gasteiger partial charge in [-0.3, -0.25) is 4.79 Å². The third kappa shape index (κ3) is 3.23. The number of aryl methyl sites for hydroxylation is 1. The number of amides is 1. The zero-order valence-corrected chi connectivity index (χ0v) is 11.0. The lowest BCUT2D eigenvalue weighted by Crippen LogP contribution is -2.25. The number of aromatic nitrogens is 2. The Morgan fingerprint density at radius 1 is 1.35 bits per heavy atom. The van der Waals surface area contributed by atoms with Crippen LogP contribution in [0.5, 0.6) is 0 Å². The molecule has 104 valence electrons. The van der Waals surface area contributed by atoms with Crippen LogP contribution in [0.2, 0.25) is 0 Å². The van der Waals surface area contributed by atoms with Crippen LogP contribution in [0.1, 0.15) is 5.82 Å². The van der Waals surface area contributed by atoms with Crippen molar-refractivity contribution in [1.82, 2.24) is 14.9 Å². The summed E-state index contributed by atoms with van der Waals surface area (Å²) in [5.41, 5.74) is 1.93. The summed E-state index contributed by atoms with van der Waals surface area (Å²) in [6.07, 6.45) is 1.81. The standard InChI is InChI=1S/C14H15N3O3/c1-10-16-11-4-2-3-5-12(11)17(10)9-8-15-13(18)6-7-14(19)20/h2-7H,8-9H2,1H3,(H,15,18)(H,19,20)/b7-6+. The van der Waals surface area contributed by atoms with Gasteiger partial charge in [0.25, 0.3) is 0 Å². The Kier molecular flexibility index (Phi) is 4.14. The minimum atomic E-state index is -1.14. The Hall–Kier alpha value is -2.63. The number of benzene rings is 1. The number of para-hydroxylation sites is 2. The van der Waals surface area contributed by atoms with Crippen LogP contribution in [0, 0.1) is 6.92 Å². The van der Waals surface area contributed by atoms with Crippen molar-refractivity contribution in [3.8, 4) is 0 Å². The minimum absolute atomic E-state index is 0.407. The van der Waals surface area contributed by atoms with Crippen molar-refractivity contribution in [1.29, 1.82) is 0 Å². The van der Waals surface area contributed by atoms with E-state index in [1.807, 2.05) is 35.8 Å². The summed E-state index contributed by atoms with van der Waals surface area (Å²) in [5.74, 6) is -0.687. The molecule has 0 spiro atoms. The number of imidazole rings is 1. The number of nitrogens with one attached hydrogen (secondary N) is 1. The molecule has 0 saturated heterocycles. The van der Waals surface area contributed by atoms with Crippen molar-refractivity contribution in [2.75, 3.05) is 6.54 Å². The lowest BCUT2D eigenvalue weighted by atomic mass is 10.3. The summed E-state index contributed by atoms with van der Waals surface area (Å²) >= 11 is 0. The van der Waals surface area contributed by atoms with E-state index in [1.165, 1.54) is 0 Å². The van der Waals surface area contributed by atoms with E-state index >= 15 is 0 Å². The zero-order valence-electron chi connectivity index (χ0n) is 11.0. The van der Waals surface area contributed by atoms with Crippen molar-refractivity contribution < 1.29 is 14.7 Å². The zero-order chi connectivity index (χ0) is 14.5.